The second-order valence-corrected chi connectivity index (χ2v) is 5.37. The zero-order valence-electron chi connectivity index (χ0n) is 11.1. The van der Waals surface area contributed by atoms with Crippen LogP contribution in [0.25, 0.3) is 0 Å². The molecule has 4 unspecified atom stereocenters. The zero-order valence-corrected chi connectivity index (χ0v) is 11.1. The molecule has 1 fully saturated rings. The summed E-state index contributed by atoms with van der Waals surface area (Å²) in [7, 11) is 0. The minimum absolute atomic E-state index is 0.609. The number of nitrogens with zero attached hydrogens (tertiary/aromatic N) is 1. The van der Waals surface area contributed by atoms with Crippen LogP contribution in [0.4, 0.5) is 0 Å². The van der Waals surface area contributed by atoms with Crippen molar-refractivity contribution < 1.29 is 0 Å². The average Bonchev–Trinajstić information content (AvgIpc) is 2.53. The molecular formula is C13H28N2. The van der Waals surface area contributed by atoms with Crippen molar-refractivity contribution >= 4 is 0 Å². The molecule has 0 spiro atoms. The Morgan fingerprint density at radius 2 is 2.00 bits per heavy atom. The van der Waals surface area contributed by atoms with Gasteiger partial charge in [-0.2, -0.15) is 0 Å². The van der Waals surface area contributed by atoms with E-state index in [0.29, 0.717) is 12.1 Å². The van der Waals surface area contributed by atoms with E-state index in [-0.39, 0.29) is 0 Å². The first-order valence-corrected chi connectivity index (χ1v) is 6.55. The minimum atomic E-state index is 0.609. The van der Waals surface area contributed by atoms with Crippen molar-refractivity contribution in [3.63, 3.8) is 0 Å². The van der Waals surface area contributed by atoms with Crippen LogP contribution in [0.15, 0.2) is 0 Å². The van der Waals surface area contributed by atoms with Gasteiger partial charge in [0.1, 0.15) is 0 Å². The summed E-state index contributed by atoms with van der Waals surface area (Å²) in [6.07, 6.45) is 2.59. The van der Waals surface area contributed by atoms with Crippen LogP contribution < -0.4 is 5.32 Å². The lowest BCUT2D eigenvalue weighted by atomic mass is 10.1. The Bertz CT molecular complexity index is 181. The second-order valence-electron chi connectivity index (χ2n) is 5.37. The van der Waals surface area contributed by atoms with Gasteiger partial charge in [-0.15, -0.1) is 0 Å². The molecule has 1 N–H and O–H groups in total. The number of rotatable bonds is 5. The van der Waals surface area contributed by atoms with Gasteiger partial charge in [0, 0.05) is 24.7 Å². The number of nitrogens with one attached hydrogen (secondary N) is 1. The van der Waals surface area contributed by atoms with Gasteiger partial charge >= 0.3 is 0 Å². The Morgan fingerprint density at radius 3 is 2.47 bits per heavy atom. The maximum absolute atomic E-state index is 3.60. The molecule has 0 amide bonds. The Labute approximate surface area is 95.4 Å². The lowest BCUT2D eigenvalue weighted by Gasteiger charge is -2.33. The van der Waals surface area contributed by atoms with Gasteiger partial charge in [-0.05, 0) is 46.1 Å². The summed E-state index contributed by atoms with van der Waals surface area (Å²) in [6.45, 7) is 14.1. The largest absolute Gasteiger partial charge is 0.313 e. The third-order valence-electron chi connectivity index (χ3n) is 3.80. The minimum Gasteiger partial charge on any atom is -0.313 e. The van der Waals surface area contributed by atoms with E-state index in [4.69, 9.17) is 0 Å². The first kappa shape index (κ1) is 13.0. The Balaban J connectivity index is 2.41. The third kappa shape index (κ3) is 3.46. The van der Waals surface area contributed by atoms with Gasteiger partial charge in [-0.1, -0.05) is 13.8 Å². The smallest absolute Gasteiger partial charge is 0.0221 e. The molecule has 0 aromatic carbocycles. The lowest BCUT2D eigenvalue weighted by Crippen LogP contribution is -2.48. The standard InChI is InChI=1S/C13H28N2/c1-6-7-14-12(4)13(5)15-9-10(2)8-11(15)3/h10-14H,6-9H2,1-5H3. The molecule has 1 aliphatic heterocycles. The molecule has 90 valence electrons. The van der Waals surface area contributed by atoms with Gasteiger partial charge in [0.05, 0.1) is 0 Å². The fraction of sp³-hybridized carbons (Fsp3) is 1.00. The summed E-state index contributed by atoms with van der Waals surface area (Å²) in [5.74, 6) is 0.876. The molecule has 4 atom stereocenters. The number of hydrogen-bond donors (Lipinski definition) is 1. The van der Waals surface area contributed by atoms with Gasteiger partial charge in [0.25, 0.3) is 0 Å². The maximum atomic E-state index is 3.60. The van der Waals surface area contributed by atoms with E-state index in [1.807, 2.05) is 0 Å². The first-order chi connectivity index (χ1) is 7.06. The second kappa shape index (κ2) is 5.86. The Morgan fingerprint density at radius 1 is 1.33 bits per heavy atom. The van der Waals surface area contributed by atoms with Gasteiger partial charge < -0.3 is 5.32 Å². The quantitative estimate of drug-likeness (QED) is 0.753. The SMILES string of the molecule is CCCNC(C)C(C)N1CC(C)CC1C. The normalized spacial score (nSPS) is 31.8. The van der Waals surface area contributed by atoms with Crippen molar-refractivity contribution in [2.24, 2.45) is 5.92 Å². The number of hydrogen-bond acceptors (Lipinski definition) is 2. The Hall–Kier alpha value is -0.0800. The molecule has 0 bridgehead atoms. The van der Waals surface area contributed by atoms with Gasteiger partial charge in [-0.3, -0.25) is 4.90 Å². The van der Waals surface area contributed by atoms with E-state index in [2.05, 4.69) is 44.8 Å². The van der Waals surface area contributed by atoms with Crippen molar-refractivity contribution in [3.8, 4) is 0 Å². The molecule has 0 aromatic rings. The molecule has 1 heterocycles. The van der Waals surface area contributed by atoms with Crippen molar-refractivity contribution in [1.82, 2.24) is 10.2 Å². The topological polar surface area (TPSA) is 15.3 Å². The van der Waals surface area contributed by atoms with Crippen LogP contribution in [0.2, 0.25) is 0 Å². The van der Waals surface area contributed by atoms with Gasteiger partial charge in [0.15, 0.2) is 0 Å². The summed E-state index contributed by atoms with van der Waals surface area (Å²) in [5, 5.41) is 3.60. The molecule has 1 rings (SSSR count). The van der Waals surface area contributed by atoms with Crippen LogP contribution in [-0.2, 0) is 0 Å². The third-order valence-corrected chi connectivity index (χ3v) is 3.80. The molecule has 0 saturated carbocycles. The first-order valence-electron chi connectivity index (χ1n) is 6.55. The number of likely N-dealkylation sites (tertiary alicyclic amines) is 1. The summed E-state index contributed by atoms with van der Waals surface area (Å²) in [6, 6.07) is 2.04. The summed E-state index contributed by atoms with van der Waals surface area (Å²) >= 11 is 0. The highest BCUT2D eigenvalue weighted by Gasteiger charge is 2.31. The van der Waals surface area contributed by atoms with E-state index in [1.165, 1.54) is 19.4 Å². The van der Waals surface area contributed by atoms with Crippen molar-refractivity contribution in [3.05, 3.63) is 0 Å². The van der Waals surface area contributed by atoms with Crippen LogP contribution in [0.3, 0.4) is 0 Å². The lowest BCUT2D eigenvalue weighted by molar-refractivity contribution is 0.166. The molecule has 15 heavy (non-hydrogen) atoms. The molecule has 1 aliphatic rings. The van der Waals surface area contributed by atoms with Crippen LogP contribution >= 0.6 is 0 Å². The highest BCUT2D eigenvalue weighted by molar-refractivity contribution is 4.87. The molecule has 2 heteroatoms. The van der Waals surface area contributed by atoms with E-state index in [1.54, 1.807) is 0 Å². The zero-order chi connectivity index (χ0) is 11.4. The summed E-state index contributed by atoms with van der Waals surface area (Å²) in [4.78, 5) is 2.66. The van der Waals surface area contributed by atoms with E-state index in [9.17, 15) is 0 Å². The molecule has 1 saturated heterocycles. The van der Waals surface area contributed by atoms with E-state index in [0.717, 1.165) is 18.5 Å². The Kier molecular flexibility index (Phi) is 5.07. The summed E-state index contributed by atoms with van der Waals surface area (Å²) < 4.78 is 0. The van der Waals surface area contributed by atoms with Crippen LogP contribution in [0, 0.1) is 5.92 Å². The molecule has 2 nitrogen and oxygen atoms in total. The molecule has 0 radical (unpaired) electrons. The van der Waals surface area contributed by atoms with E-state index < -0.39 is 0 Å². The van der Waals surface area contributed by atoms with Crippen LogP contribution in [0.5, 0.6) is 0 Å². The highest BCUT2D eigenvalue weighted by Crippen LogP contribution is 2.25. The monoisotopic (exact) mass is 212 g/mol. The van der Waals surface area contributed by atoms with Crippen molar-refractivity contribution in [1.29, 1.82) is 0 Å². The predicted molar refractivity (Wildman–Crippen MR) is 67.2 cm³/mol. The molecular weight excluding hydrogens is 184 g/mol. The van der Waals surface area contributed by atoms with Crippen LogP contribution in [-0.4, -0.2) is 36.1 Å². The fourth-order valence-electron chi connectivity index (χ4n) is 2.73. The van der Waals surface area contributed by atoms with Gasteiger partial charge in [-0.25, -0.2) is 0 Å². The molecule has 0 aliphatic carbocycles. The van der Waals surface area contributed by atoms with E-state index >= 15 is 0 Å². The fourth-order valence-corrected chi connectivity index (χ4v) is 2.73. The maximum Gasteiger partial charge on any atom is 0.0221 e. The van der Waals surface area contributed by atoms with Gasteiger partial charge in [0.2, 0.25) is 0 Å². The van der Waals surface area contributed by atoms with Crippen molar-refractivity contribution in [2.75, 3.05) is 13.1 Å². The van der Waals surface area contributed by atoms with Crippen LogP contribution in [0.1, 0.15) is 47.5 Å². The predicted octanol–water partition coefficient (Wildman–Crippen LogP) is 2.49. The molecule has 0 aromatic heterocycles. The highest BCUT2D eigenvalue weighted by atomic mass is 15.2. The average molecular weight is 212 g/mol. The van der Waals surface area contributed by atoms with Crippen molar-refractivity contribution in [2.45, 2.75) is 65.6 Å². The summed E-state index contributed by atoms with van der Waals surface area (Å²) in [5.41, 5.74) is 0.